The number of rotatable bonds is 55. The lowest BCUT2D eigenvalue weighted by molar-refractivity contribution is -0.870. The van der Waals surface area contributed by atoms with Gasteiger partial charge in [0.1, 0.15) is 13.2 Å². The Morgan fingerprint density at radius 3 is 1.21 bits per heavy atom. The number of aliphatic hydroxyl groups is 1. The maximum atomic E-state index is 13.0. The molecule has 0 heterocycles. The molecule has 0 aromatic carbocycles. The predicted molar refractivity (Wildman–Crippen MR) is 295 cm³/mol. The van der Waals surface area contributed by atoms with Crippen LogP contribution in [0.1, 0.15) is 296 Å². The molecule has 0 radical (unpaired) electrons. The molecule has 0 aromatic heterocycles. The van der Waals surface area contributed by atoms with Crippen LogP contribution in [0.15, 0.2) is 24.3 Å². The molecule has 3 atom stereocenters. The van der Waals surface area contributed by atoms with Crippen molar-refractivity contribution in [3.63, 3.8) is 0 Å². The lowest BCUT2D eigenvalue weighted by Gasteiger charge is -2.26. The summed E-state index contributed by atoms with van der Waals surface area (Å²) in [5.41, 5.74) is 0. The fourth-order valence-electron chi connectivity index (χ4n) is 9.02. The molecule has 0 rings (SSSR count). The van der Waals surface area contributed by atoms with E-state index in [0.717, 1.165) is 44.9 Å². The number of likely N-dealkylation sites (N-methyl/N-ethyl adjacent to an activating group) is 1. The minimum atomic E-state index is -4.32. The van der Waals surface area contributed by atoms with Gasteiger partial charge in [-0.05, 0) is 44.9 Å². The summed E-state index contributed by atoms with van der Waals surface area (Å²) in [7, 11) is 1.63. The minimum Gasteiger partial charge on any atom is -0.391 e. The Kier molecular flexibility index (Phi) is 50.1. The van der Waals surface area contributed by atoms with Crippen molar-refractivity contribution in [1.29, 1.82) is 0 Å². The highest BCUT2D eigenvalue weighted by atomic mass is 31.2. The predicted octanol–water partition coefficient (Wildman–Crippen LogP) is 18.0. The number of hydrogen-bond acceptors (Lipinski definition) is 5. The van der Waals surface area contributed by atoms with Crippen LogP contribution in [0.2, 0.25) is 0 Å². The third-order valence-electron chi connectivity index (χ3n) is 13.7. The average molecular weight is 983 g/mol. The molecule has 3 N–H and O–H groups in total. The van der Waals surface area contributed by atoms with Gasteiger partial charge in [0.05, 0.1) is 39.9 Å². The number of phosphoric acid groups is 1. The van der Waals surface area contributed by atoms with E-state index in [-0.39, 0.29) is 19.1 Å². The molecule has 404 valence electrons. The zero-order valence-corrected chi connectivity index (χ0v) is 47.0. The topological polar surface area (TPSA) is 105 Å². The minimum absolute atomic E-state index is 0.0757. The molecule has 68 heavy (non-hydrogen) atoms. The molecule has 0 saturated heterocycles. The molecule has 0 fully saturated rings. The van der Waals surface area contributed by atoms with Crippen LogP contribution in [0.25, 0.3) is 0 Å². The molecule has 8 nitrogen and oxygen atoms in total. The first-order valence-corrected chi connectivity index (χ1v) is 31.2. The molecule has 0 spiro atoms. The van der Waals surface area contributed by atoms with Crippen molar-refractivity contribution in [3.05, 3.63) is 24.3 Å². The molecule has 3 unspecified atom stereocenters. The third-order valence-corrected chi connectivity index (χ3v) is 14.7. The van der Waals surface area contributed by atoms with E-state index in [2.05, 4.69) is 43.5 Å². The van der Waals surface area contributed by atoms with Crippen LogP contribution >= 0.6 is 7.82 Å². The SMILES string of the molecule is CCCCCCCCCCC/C=C\C/C=C\CCCCCCCCCCCCCC(=O)NC(COP(=O)(O)OCC[N+](C)(C)C)C(O)CCCCCCCCCCCCCCCCCCCCC. The van der Waals surface area contributed by atoms with E-state index in [0.29, 0.717) is 23.9 Å². The van der Waals surface area contributed by atoms with Crippen molar-refractivity contribution in [3.8, 4) is 0 Å². The number of unbranched alkanes of at least 4 members (excludes halogenated alkanes) is 38. The highest BCUT2D eigenvalue weighted by molar-refractivity contribution is 7.47. The summed E-state index contributed by atoms with van der Waals surface area (Å²) in [6.45, 7) is 4.93. The number of allylic oxidation sites excluding steroid dienone is 4. The summed E-state index contributed by atoms with van der Waals surface area (Å²) >= 11 is 0. The first kappa shape index (κ1) is 67.0. The number of aliphatic hydroxyl groups excluding tert-OH is 1. The van der Waals surface area contributed by atoms with Crippen LogP contribution in [0.5, 0.6) is 0 Å². The number of carbonyl (C=O) groups excluding carboxylic acids is 1. The fraction of sp³-hybridized carbons (Fsp3) is 0.915. The molecule has 0 bridgehead atoms. The van der Waals surface area contributed by atoms with Crippen molar-refractivity contribution in [2.45, 2.75) is 309 Å². The van der Waals surface area contributed by atoms with E-state index in [1.165, 1.54) is 225 Å². The van der Waals surface area contributed by atoms with Gasteiger partial charge in [-0.25, -0.2) is 4.57 Å². The summed E-state index contributed by atoms with van der Waals surface area (Å²) in [4.78, 5) is 23.3. The first-order valence-electron chi connectivity index (χ1n) is 29.7. The second kappa shape index (κ2) is 50.9. The van der Waals surface area contributed by atoms with Crippen molar-refractivity contribution < 1.29 is 32.9 Å². The number of phosphoric ester groups is 1. The van der Waals surface area contributed by atoms with Gasteiger partial charge in [0.15, 0.2) is 0 Å². The molecule has 0 saturated carbocycles. The highest BCUT2D eigenvalue weighted by Crippen LogP contribution is 2.43. The van der Waals surface area contributed by atoms with E-state index in [9.17, 15) is 19.4 Å². The van der Waals surface area contributed by atoms with Crippen molar-refractivity contribution in [2.24, 2.45) is 0 Å². The number of amides is 1. The number of nitrogens with zero attached hydrogens (tertiary/aromatic N) is 1. The molecule has 0 aliphatic carbocycles. The summed E-state index contributed by atoms with van der Waals surface area (Å²) in [5.74, 6) is -0.142. The normalized spacial score (nSPS) is 14.0. The maximum absolute atomic E-state index is 13.0. The van der Waals surface area contributed by atoms with Gasteiger partial charge in [0, 0.05) is 6.42 Å². The van der Waals surface area contributed by atoms with Gasteiger partial charge in [0.2, 0.25) is 5.91 Å². The molecule has 1 amide bonds. The van der Waals surface area contributed by atoms with Crippen LogP contribution in [0.4, 0.5) is 0 Å². The first-order chi connectivity index (χ1) is 33.0. The van der Waals surface area contributed by atoms with Gasteiger partial charge < -0.3 is 19.8 Å². The number of hydrogen-bond donors (Lipinski definition) is 3. The fourth-order valence-corrected chi connectivity index (χ4v) is 9.76. The van der Waals surface area contributed by atoms with Crippen molar-refractivity contribution in [1.82, 2.24) is 5.32 Å². The maximum Gasteiger partial charge on any atom is 0.472 e. The van der Waals surface area contributed by atoms with E-state index >= 15 is 0 Å². The Bertz CT molecular complexity index is 1160. The Morgan fingerprint density at radius 2 is 0.838 bits per heavy atom. The Balaban J connectivity index is 4.13. The summed E-state index contributed by atoms with van der Waals surface area (Å²) in [6.07, 6.45) is 63.8. The van der Waals surface area contributed by atoms with Crippen LogP contribution in [-0.2, 0) is 18.4 Å². The van der Waals surface area contributed by atoms with Crippen molar-refractivity contribution >= 4 is 13.7 Å². The quantitative estimate of drug-likeness (QED) is 0.0243. The smallest absolute Gasteiger partial charge is 0.391 e. The third kappa shape index (κ3) is 52.8. The highest BCUT2D eigenvalue weighted by Gasteiger charge is 2.28. The van der Waals surface area contributed by atoms with Gasteiger partial charge in [-0.15, -0.1) is 0 Å². The average Bonchev–Trinajstić information content (AvgIpc) is 3.30. The number of nitrogens with one attached hydrogen (secondary N) is 1. The van der Waals surface area contributed by atoms with Gasteiger partial charge in [-0.1, -0.05) is 269 Å². The number of quaternary nitrogens is 1. The molecule has 0 aliphatic heterocycles. The lowest BCUT2D eigenvalue weighted by atomic mass is 10.0. The zero-order valence-electron chi connectivity index (χ0n) is 46.1. The van der Waals surface area contributed by atoms with Crippen molar-refractivity contribution in [2.75, 3.05) is 40.9 Å². The Hall–Kier alpha value is -1.02. The monoisotopic (exact) mass is 982 g/mol. The van der Waals surface area contributed by atoms with Crippen LogP contribution in [0, 0.1) is 0 Å². The van der Waals surface area contributed by atoms with Gasteiger partial charge in [-0.3, -0.25) is 13.8 Å². The van der Waals surface area contributed by atoms with Gasteiger partial charge in [0.25, 0.3) is 0 Å². The van der Waals surface area contributed by atoms with E-state index < -0.39 is 20.0 Å². The van der Waals surface area contributed by atoms with E-state index in [4.69, 9.17) is 9.05 Å². The van der Waals surface area contributed by atoms with Crippen LogP contribution < -0.4 is 5.32 Å². The zero-order chi connectivity index (χ0) is 49.9. The standard InChI is InChI=1S/C59H117N2O6P/c1-6-8-10-12-14-16-18-20-22-24-26-27-28-29-30-31-32-33-35-37-39-41-43-45-47-49-51-53-59(63)60-57(56-67-68(64,65)66-55-54-61(3,4)5)58(62)52-50-48-46-44-42-40-38-36-34-25-23-21-19-17-15-13-11-9-7-2/h26-27,29-30,57-58,62H,6-25,28,31-56H2,1-5H3,(H-,60,63,64,65)/p+1/b27-26-,30-29-. The van der Waals surface area contributed by atoms with E-state index in [1.54, 1.807) is 0 Å². The molecule has 0 aromatic rings. The van der Waals surface area contributed by atoms with Crippen LogP contribution in [0.3, 0.4) is 0 Å². The number of carbonyl (C=O) groups is 1. The van der Waals surface area contributed by atoms with E-state index in [1.807, 2.05) is 21.1 Å². The largest absolute Gasteiger partial charge is 0.472 e. The molecule has 9 heteroatoms. The lowest BCUT2D eigenvalue weighted by Crippen LogP contribution is -2.46. The molecule has 0 aliphatic rings. The second-order valence-electron chi connectivity index (χ2n) is 21.7. The second-order valence-corrected chi connectivity index (χ2v) is 23.2. The molecular weight excluding hydrogens is 864 g/mol. The van der Waals surface area contributed by atoms with Gasteiger partial charge in [-0.2, -0.15) is 0 Å². The summed E-state index contributed by atoms with van der Waals surface area (Å²) in [6, 6.07) is -0.761. The Labute approximate surface area is 424 Å². The summed E-state index contributed by atoms with van der Waals surface area (Å²) < 4.78 is 23.8. The van der Waals surface area contributed by atoms with Crippen LogP contribution in [-0.4, -0.2) is 73.4 Å². The van der Waals surface area contributed by atoms with Gasteiger partial charge >= 0.3 is 7.82 Å². The summed E-state index contributed by atoms with van der Waals surface area (Å²) in [5, 5.41) is 14.1. The molecular formula is C59H118N2O6P+. The Morgan fingerprint density at radius 1 is 0.500 bits per heavy atom.